The Hall–Kier alpha value is -1.96. The van der Waals surface area contributed by atoms with Gasteiger partial charge in [0.2, 0.25) is 0 Å². The number of rotatable bonds is 3. The monoisotopic (exact) mass is 268 g/mol. The van der Waals surface area contributed by atoms with E-state index in [0.29, 0.717) is 22.6 Å². The first-order valence-corrected chi connectivity index (χ1v) is 7.06. The van der Waals surface area contributed by atoms with E-state index in [1.807, 2.05) is 24.3 Å². The van der Waals surface area contributed by atoms with Crippen LogP contribution in [-0.2, 0) is 0 Å². The summed E-state index contributed by atoms with van der Waals surface area (Å²) < 4.78 is 13.2. The van der Waals surface area contributed by atoms with Crippen molar-refractivity contribution in [3.8, 4) is 0 Å². The second-order valence-electron chi connectivity index (χ2n) is 5.54. The number of benzene rings is 2. The highest BCUT2D eigenvalue weighted by molar-refractivity contribution is 6.09. The summed E-state index contributed by atoms with van der Waals surface area (Å²) in [5.74, 6) is 0.349. The fourth-order valence-electron chi connectivity index (χ4n) is 2.60. The summed E-state index contributed by atoms with van der Waals surface area (Å²) in [5.41, 5.74) is 3.03. The molecule has 0 saturated heterocycles. The minimum atomic E-state index is -0.276. The van der Waals surface area contributed by atoms with Crippen LogP contribution in [0.2, 0.25) is 0 Å². The summed E-state index contributed by atoms with van der Waals surface area (Å²) in [5, 5.41) is 0. The van der Waals surface area contributed by atoms with E-state index in [1.165, 1.54) is 30.9 Å². The first-order chi connectivity index (χ1) is 9.65. The molecule has 0 aromatic heterocycles. The van der Waals surface area contributed by atoms with Crippen LogP contribution in [0.4, 0.5) is 4.39 Å². The summed E-state index contributed by atoms with van der Waals surface area (Å²) >= 11 is 0. The van der Waals surface area contributed by atoms with E-state index in [9.17, 15) is 9.18 Å². The smallest absolute Gasteiger partial charge is 0.193 e. The number of carbonyl (C=O) groups is 1. The van der Waals surface area contributed by atoms with Crippen LogP contribution >= 0.6 is 0 Å². The zero-order chi connectivity index (χ0) is 14.1. The van der Waals surface area contributed by atoms with Gasteiger partial charge >= 0.3 is 0 Å². The van der Waals surface area contributed by atoms with Gasteiger partial charge in [0.25, 0.3) is 0 Å². The molecule has 2 heteroatoms. The highest BCUT2D eigenvalue weighted by Gasteiger charge is 2.19. The zero-order valence-corrected chi connectivity index (χ0v) is 11.5. The third kappa shape index (κ3) is 2.38. The van der Waals surface area contributed by atoms with Gasteiger partial charge < -0.3 is 0 Å². The number of carbonyl (C=O) groups excluding carboxylic acids is 1. The van der Waals surface area contributed by atoms with E-state index in [2.05, 4.69) is 0 Å². The summed E-state index contributed by atoms with van der Waals surface area (Å²) in [4.78, 5) is 12.4. The lowest BCUT2D eigenvalue weighted by molar-refractivity contribution is 0.103. The van der Waals surface area contributed by atoms with Crippen molar-refractivity contribution in [1.29, 1.82) is 0 Å². The summed E-state index contributed by atoms with van der Waals surface area (Å²) in [6, 6.07) is 12.4. The van der Waals surface area contributed by atoms with Gasteiger partial charge in [-0.25, -0.2) is 4.39 Å². The van der Waals surface area contributed by atoms with Crippen LogP contribution < -0.4 is 0 Å². The fraction of sp³-hybridized carbons (Fsp3) is 0.278. The molecule has 1 fully saturated rings. The molecule has 1 aliphatic carbocycles. The predicted molar refractivity (Wildman–Crippen MR) is 77.6 cm³/mol. The first-order valence-electron chi connectivity index (χ1n) is 7.06. The van der Waals surface area contributed by atoms with Crippen LogP contribution in [0.3, 0.4) is 0 Å². The van der Waals surface area contributed by atoms with Crippen LogP contribution in [0.5, 0.6) is 0 Å². The van der Waals surface area contributed by atoms with Gasteiger partial charge in [0.05, 0.1) is 0 Å². The van der Waals surface area contributed by atoms with Gasteiger partial charge in [-0.1, -0.05) is 30.7 Å². The summed E-state index contributed by atoms with van der Waals surface area (Å²) in [6.45, 7) is 1.67. The molecule has 20 heavy (non-hydrogen) atoms. The maximum absolute atomic E-state index is 13.2. The number of aryl methyl sites for hydroxylation is 1. The largest absolute Gasteiger partial charge is 0.289 e. The van der Waals surface area contributed by atoms with E-state index in [-0.39, 0.29) is 11.6 Å². The molecule has 1 saturated carbocycles. The third-order valence-corrected chi connectivity index (χ3v) is 4.17. The molecule has 2 aromatic rings. The lowest BCUT2D eigenvalue weighted by Gasteiger charge is -2.25. The van der Waals surface area contributed by atoms with E-state index in [0.717, 1.165) is 0 Å². The Morgan fingerprint density at radius 3 is 2.25 bits per heavy atom. The Kier molecular flexibility index (Phi) is 3.39. The normalized spacial score (nSPS) is 14.9. The second-order valence-corrected chi connectivity index (χ2v) is 5.54. The minimum Gasteiger partial charge on any atom is -0.289 e. The van der Waals surface area contributed by atoms with E-state index in [4.69, 9.17) is 0 Å². The van der Waals surface area contributed by atoms with Crippen LogP contribution in [-0.4, -0.2) is 5.78 Å². The molecular formula is C18H17FO. The predicted octanol–water partition coefficient (Wildman–Crippen LogP) is 4.63. The van der Waals surface area contributed by atoms with Crippen molar-refractivity contribution < 1.29 is 9.18 Å². The topological polar surface area (TPSA) is 17.1 Å². The minimum absolute atomic E-state index is 0.0479. The number of hydrogen-bond donors (Lipinski definition) is 0. The van der Waals surface area contributed by atoms with Gasteiger partial charge in [-0.2, -0.15) is 0 Å². The van der Waals surface area contributed by atoms with Crippen molar-refractivity contribution in [3.63, 3.8) is 0 Å². The maximum Gasteiger partial charge on any atom is 0.193 e. The molecule has 0 atom stereocenters. The molecule has 1 aliphatic rings. The summed E-state index contributed by atoms with van der Waals surface area (Å²) in [6.07, 6.45) is 3.81. The SMILES string of the molecule is Cc1cc(C(=O)c2ccc(C3CCC3)cc2)ccc1F. The molecule has 0 amide bonds. The number of ketones is 1. The number of hydrogen-bond acceptors (Lipinski definition) is 1. The average Bonchev–Trinajstić information content (AvgIpc) is 2.40. The Morgan fingerprint density at radius 1 is 1.05 bits per heavy atom. The van der Waals surface area contributed by atoms with E-state index in [1.54, 1.807) is 19.1 Å². The van der Waals surface area contributed by atoms with Crippen molar-refractivity contribution in [1.82, 2.24) is 0 Å². The third-order valence-electron chi connectivity index (χ3n) is 4.17. The molecule has 0 bridgehead atoms. The maximum atomic E-state index is 13.2. The molecule has 0 radical (unpaired) electrons. The van der Waals surface area contributed by atoms with Crippen molar-refractivity contribution >= 4 is 5.78 Å². The molecule has 0 aliphatic heterocycles. The average molecular weight is 268 g/mol. The van der Waals surface area contributed by atoms with E-state index < -0.39 is 0 Å². The van der Waals surface area contributed by atoms with Crippen LogP contribution in [0.1, 0.15) is 52.2 Å². The van der Waals surface area contributed by atoms with Gasteiger partial charge in [0.15, 0.2) is 5.78 Å². The van der Waals surface area contributed by atoms with Gasteiger partial charge in [-0.15, -0.1) is 0 Å². The molecule has 0 unspecified atom stereocenters. The van der Waals surface area contributed by atoms with Crippen LogP contribution in [0.15, 0.2) is 42.5 Å². The Morgan fingerprint density at radius 2 is 1.70 bits per heavy atom. The fourth-order valence-corrected chi connectivity index (χ4v) is 2.60. The quantitative estimate of drug-likeness (QED) is 0.741. The van der Waals surface area contributed by atoms with Crippen LogP contribution in [0, 0.1) is 12.7 Å². The molecule has 2 aromatic carbocycles. The second kappa shape index (κ2) is 5.20. The standard InChI is InChI=1S/C18H17FO/c1-12-11-16(9-10-17(12)19)18(20)15-7-5-14(6-8-15)13-3-2-4-13/h5-11,13H,2-4H2,1H3. The Bertz CT molecular complexity index is 639. The number of halogens is 1. The highest BCUT2D eigenvalue weighted by Crippen LogP contribution is 2.36. The zero-order valence-electron chi connectivity index (χ0n) is 11.5. The van der Waals surface area contributed by atoms with Gasteiger partial charge in [-0.05, 0) is 55.0 Å². The van der Waals surface area contributed by atoms with Crippen molar-refractivity contribution in [3.05, 3.63) is 70.5 Å². The van der Waals surface area contributed by atoms with Gasteiger partial charge in [-0.3, -0.25) is 4.79 Å². The molecule has 0 heterocycles. The van der Waals surface area contributed by atoms with Crippen molar-refractivity contribution in [2.75, 3.05) is 0 Å². The van der Waals surface area contributed by atoms with Crippen molar-refractivity contribution in [2.24, 2.45) is 0 Å². The van der Waals surface area contributed by atoms with Crippen LogP contribution in [0.25, 0.3) is 0 Å². The molecule has 1 nitrogen and oxygen atoms in total. The lowest BCUT2D eigenvalue weighted by Crippen LogP contribution is -2.09. The molecular weight excluding hydrogens is 251 g/mol. The summed E-state index contributed by atoms with van der Waals surface area (Å²) in [7, 11) is 0. The Balaban J connectivity index is 1.84. The molecule has 3 rings (SSSR count). The van der Waals surface area contributed by atoms with Gasteiger partial charge in [0.1, 0.15) is 5.82 Å². The van der Waals surface area contributed by atoms with Gasteiger partial charge in [0, 0.05) is 11.1 Å². The van der Waals surface area contributed by atoms with E-state index >= 15 is 0 Å². The molecule has 102 valence electrons. The first kappa shape index (κ1) is 13.0. The van der Waals surface area contributed by atoms with Crippen molar-refractivity contribution in [2.45, 2.75) is 32.1 Å². The molecule has 0 spiro atoms. The highest BCUT2D eigenvalue weighted by atomic mass is 19.1. The lowest BCUT2D eigenvalue weighted by atomic mass is 9.80. The Labute approximate surface area is 118 Å². The molecule has 0 N–H and O–H groups in total.